The first kappa shape index (κ1) is 16.7. The first-order valence-electron chi connectivity index (χ1n) is 7.12. The van der Waals surface area contributed by atoms with Gasteiger partial charge in [0, 0.05) is 23.1 Å². The van der Waals surface area contributed by atoms with Crippen molar-refractivity contribution in [2.45, 2.75) is 38.4 Å². The van der Waals surface area contributed by atoms with Crippen LogP contribution in [0.15, 0.2) is 22.7 Å². The number of benzene rings is 1. The zero-order valence-electron chi connectivity index (χ0n) is 12.0. The highest BCUT2D eigenvalue weighted by molar-refractivity contribution is 9.10. The maximum atomic E-state index is 10.8. The van der Waals surface area contributed by atoms with Gasteiger partial charge in [0.25, 0.3) is 0 Å². The molecule has 1 aliphatic rings. The monoisotopic (exact) mass is 374 g/mol. The molecule has 6 heteroatoms. The molecule has 4 nitrogen and oxygen atoms in total. The molecule has 0 bridgehead atoms. The minimum absolute atomic E-state index is 0.137. The van der Waals surface area contributed by atoms with Crippen LogP contribution in [0.5, 0.6) is 0 Å². The highest BCUT2D eigenvalue weighted by atomic mass is 79.9. The summed E-state index contributed by atoms with van der Waals surface area (Å²) >= 11 is 9.40. The van der Waals surface area contributed by atoms with Gasteiger partial charge < -0.3 is 10.4 Å². The predicted molar refractivity (Wildman–Crippen MR) is 87.7 cm³/mol. The van der Waals surface area contributed by atoms with Crippen molar-refractivity contribution in [1.82, 2.24) is 10.2 Å². The number of hydrogen-bond donors (Lipinski definition) is 2. The Hall–Kier alpha value is -0.620. The molecule has 0 spiro atoms. The number of aliphatic carboxylic acids is 1. The van der Waals surface area contributed by atoms with Gasteiger partial charge in [0.2, 0.25) is 0 Å². The average Bonchev–Trinajstić information content (AvgIpc) is 2.39. The van der Waals surface area contributed by atoms with Crippen molar-refractivity contribution < 1.29 is 9.90 Å². The highest BCUT2D eigenvalue weighted by Gasteiger charge is 2.33. The lowest BCUT2D eigenvalue weighted by Crippen LogP contribution is -2.53. The Bertz CT molecular complexity index is 506. The fourth-order valence-corrected chi connectivity index (χ4v) is 3.18. The van der Waals surface area contributed by atoms with E-state index in [-0.39, 0.29) is 6.54 Å². The second-order valence-corrected chi connectivity index (χ2v) is 6.67. The number of rotatable bonds is 7. The van der Waals surface area contributed by atoms with Crippen molar-refractivity contribution in [3.8, 4) is 0 Å². The number of halogens is 2. The number of hydrogen-bond acceptors (Lipinski definition) is 3. The summed E-state index contributed by atoms with van der Waals surface area (Å²) < 4.78 is 0.911. The minimum atomic E-state index is -0.751. The SMILES string of the molecule is CCN(CC(=O)O)C1CC(NCc2ccc(Cl)c(Br)c2)C1. The van der Waals surface area contributed by atoms with Crippen LogP contribution in [0.25, 0.3) is 0 Å². The number of nitrogens with one attached hydrogen (secondary N) is 1. The van der Waals surface area contributed by atoms with E-state index in [0.717, 1.165) is 35.4 Å². The molecule has 0 heterocycles. The molecule has 1 fully saturated rings. The Labute approximate surface area is 138 Å². The summed E-state index contributed by atoms with van der Waals surface area (Å²) in [5.41, 5.74) is 1.19. The van der Waals surface area contributed by atoms with E-state index in [9.17, 15) is 4.79 Å². The number of nitrogens with zero attached hydrogens (tertiary/aromatic N) is 1. The molecule has 0 radical (unpaired) electrons. The second kappa shape index (κ2) is 7.58. The summed E-state index contributed by atoms with van der Waals surface area (Å²) in [5, 5.41) is 13.1. The summed E-state index contributed by atoms with van der Waals surface area (Å²) in [7, 11) is 0. The molecular weight excluding hydrogens is 356 g/mol. The highest BCUT2D eigenvalue weighted by Crippen LogP contribution is 2.27. The van der Waals surface area contributed by atoms with E-state index < -0.39 is 5.97 Å². The normalized spacial score (nSPS) is 21.3. The summed E-state index contributed by atoms with van der Waals surface area (Å²) in [4.78, 5) is 12.8. The lowest BCUT2D eigenvalue weighted by molar-refractivity contribution is -0.139. The molecule has 116 valence electrons. The van der Waals surface area contributed by atoms with Crippen molar-refractivity contribution >= 4 is 33.5 Å². The van der Waals surface area contributed by atoms with E-state index in [4.69, 9.17) is 16.7 Å². The van der Waals surface area contributed by atoms with Crippen molar-refractivity contribution in [3.05, 3.63) is 33.3 Å². The number of carbonyl (C=O) groups is 1. The number of carboxylic acid groups (broad SMARTS) is 1. The predicted octanol–water partition coefficient (Wildman–Crippen LogP) is 3.13. The van der Waals surface area contributed by atoms with Gasteiger partial charge in [0.05, 0.1) is 11.6 Å². The van der Waals surface area contributed by atoms with Gasteiger partial charge in [-0.3, -0.25) is 9.69 Å². The molecule has 0 saturated heterocycles. The van der Waals surface area contributed by atoms with Gasteiger partial charge in [0.1, 0.15) is 0 Å². The molecule has 1 aliphatic carbocycles. The quantitative estimate of drug-likeness (QED) is 0.769. The number of likely N-dealkylation sites (N-methyl/N-ethyl adjacent to an activating group) is 1. The first-order valence-corrected chi connectivity index (χ1v) is 8.29. The van der Waals surface area contributed by atoms with Crippen molar-refractivity contribution in [1.29, 1.82) is 0 Å². The van der Waals surface area contributed by atoms with Crippen LogP contribution in [0.4, 0.5) is 0 Å². The van der Waals surface area contributed by atoms with Gasteiger partial charge in [-0.25, -0.2) is 0 Å². The maximum Gasteiger partial charge on any atom is 0.317 e. The van der Waals surface area contributed by atoms with Crippen LogP contribution in [-0.4, -0.2) is 41.1 Å². The third kappa shape index (κ3) is 4.68. The Morgan fingerprint density at radius 1 is 1.52 bits per heavy atom. The molecule has 0 aromatic heterocycles. The van der Waals surface area contributed by atoms with Gasteiger partial charge in [0.15, 0.2) is 0 Å². The van der Waals surface area contributed by atoms with Crippen LogP contribution in [0, 0.1) is 0 Å². The van der Waals surface area contributed by atoms with Crippen LogP contribution in [0.1, 0.15) is 25.3 Å². The molecule has 2 N–H and O–H groups in total. The lowest BCUT2D eigenvalue weighted by atomic mass is 9.85. The largest absolute Gasteiger partial charge is 0.480 e. The number of carboxylic acids is 1. The minimum Gasteiger partial charge on any atom is -0.480 e. The molecule has 1 saturated carbocycles. The van der Waals surface area contributed by atoms with Gasteiger partial charge in [-0.1, -0.05) is 24.6 Å². The molecular formula is C15H20BrClN2O2. The van der Waals surface area contributed by atoms with Gasteiger partial charge in [-0.05, 0) is 53.0 Å². The fourth-order valence-electron chi connectivity index (χ4n) is 2.64. The van der Waals surface area contributed by atoms with E-state index in [1.807, 2.05) is 30.0 Å². The Kier molecular flexibility index (Phi) is 6.05. The summed E-state index contributed by atoms with van der Waals surface area (Å²) in [5.74, 6) is -0.751. The molecule has 0 aliphatic heterocycles. The van der Waals surface area contributed by atoms with Gasteiger partial charge in [-0.15, -0.1) is 0 Å². The van der Waals surface area contributed by atoms with Crippen LogP contribution in [0.3, 0.4) is 0 Å². The Morgan fingerprint density at radius 2 is 2.24 bits per heavy atom. The van der Waals surface area contributed by atoms with E-state index in [2.05, 4.69) is 21.2 Å². The molecule has 2 rings (SSSR count). The standard InChI is InChI=1S/C15H20BrClN2O2/c1-2-19(9-15(20)21)12-6-11(7-12)18-8-10-3-4-14(17)13(16)5-10/h3-5,11-12,18H,2,6-9H2,1H3,(H,20,21). The maximum absolute atomic E-state index is 10.8. The third-order valence-electron chi connectivity index (χ3n) is 3.95. The lowest BCUT2D eigenvalue weighted by Gasteiger charge is -2.42. The zero-order chi connectivity index (χ0) is 15.4. The summed E-state index contributed by atoms with van der Waals surface area (Å²) in [6, 6.07) is 6.78. The Morgan fingerprint density at radius 3 is 2.81 bits per heavy atom. The molecule has 1 aromatic rings. The molecule has 0 amide bonds. The van der Waals surface area contributed by atoms with E-state index in [0.29, 0.717) is 12.1 Å². The Balaban J connectivity index is 1.75. The molecule has 0 unspecified atom stereocenters. The molecule has 0 atom stereocenters. The third-order valence-corrected chi connectivity index (χ3v) is 5.17. The summed E-state index contributed by atoms with van der Waals surface area (Å²) in [6.07, 6.45) is 2.02. The van der Waals surface area contributed by atoms with Crippen LogP contribution < -0.4 is 5.32 Å². The first-order chi connectivity index (χ1) is 9.99. The van der Waals surface area contributed by atoms with E-state index in [1.165, 1.54) is 5.56 Å². The molecule has 1 aromatic carbocycles. The fraction of sp³-hybridized carbons (Fsp3) is 0.533. The van der Waals surface area contributed by atoms with Crippen molar-refractivity contribution in [2.24, 2.45) is 0 Å². The van der Waals surface area contributed by atoms with Crippen LogP contribution >= 0.6 is 27.5 Å². The van der Waals surface area contributed by atoms with Gasteiger partial charge in [-0.2, -0.15) is 0 Å². The topological polar surface area (TPSA) is 52.6 Å². The smallest absolute Gasteiger partial charge is 0.317 e. The van der Waals surface area contributed by atoms with Crippen molar-refractivity contribution in [2.75, 3.05) is 13.1 Å². The zero-order valence-corrected chi connectivity index (χ0v) is 14.3. The van der Waals surface area contributed by atoms with Gasteiger partial charge >= 0.3 is 5.97 Å². The second-order valence-electron chi connectivity index (χ2n) is 5.41. The van der Waals surface area contributed by atoms with Crippen molar-refractivity contribution in [3.63, 3.8) is 0 Å². The average molecular weight is 376 g/mol. The van der Waals surface area contributed by atoms with E-state index in [1.54, 1.807) is 0 Å². The van der Waals surface area contributed by atoms with Crippen LogP contribution in [-0.2, 0) is 11.3 Å². The molecule has 21 heavy (non-hydrogen) atoms. The van der Waals surface area contributed by atoms with E-state index >= 15 is 0 Å². The summed E-state index contributed by atoms with van der Waals surface area (Å²) in [6.45, 7) is 3.74. The van der Waals surface area contributed by atoms with Crippen LogP contribution in [0.2, 0.25) is 5.02 Å².